The van der Waals surface area contributed by atoms with Crippen LogP contribution in [0.5, 0.6) is 17.2 Å². The fourth-order valence-corrected chi connectivity index (χ4v) is 5.34. The molecule has 47 heavy (non-hydrogen) atoms. The van der Waals surface area contributed by atoms with Crippen molar-refractivity contribution in [3.63, 3.8) is 0 Å². The molecule has 0 aliphatic carbocycles. The van der Waals surface area contributed by atoms with Gasteiger partial charge in [0.25, 0.3) is 0 Å². The van der Waals surface area contributed by atoms with Gasteiger partial charge in [-0.2, -0.15) is 0 Å². The highest BCUT2D eigenvalue weighted by atomic mass is 19.1. The molecule has 0 aliphatic rings. The van der Waals surface area contributed by atoms with Crippen LogP contribution in [-0.4, -0.2) is 44.0 Å². The number of esters is 2. The Balaban J connectivity index is 1.34. The molecule has 0 amide bonds. The van der Waals surface area contributed by atoms with Gasteiger partial charge in [0.05, 0.1) is 43.3 Å². The van der Waals surface area contributed by atoms with E-state index in [0.29, 0.717) is 41.0 Å². The molecule has 244 valence electrons. The first kappa shape index (κ1) is 33.0. The lowest BCUT2D eigenvalue weighted by Gasteiger charge is -2.16. The summed E-state index contributed by atoms with van der Waals surface area (Å²) in [6, 6.07) is 17.1. The Morgan fingerprint density at radius 1 is 0.894 bits per heavy atom. The number of ether oxygens (including phenoxy) is 4. The Labute approximate surface area is 270 Å². The second-order valence-electron chi connectivity index (χ2n) is 10.7. The van der Waals surface area contributed by atoms with E-state index in [1.807, 2.05) is 13.0 Å². The summed E-state index contributed by atoms with van der Waals surface area (Å²) in [5, 5.41) is 11.2. The van der Waals surface area contributed by atoms with E-state index in [0.717, 1.165) is 5.56 Å². The monoisotopic (exact) mass is 642 g/mol. The zero-order valence-corrected chi connectivity index (χ0v) is 26.4. The van der Waals surface area contributed by atoms with E-state index in [9.17, 15) is 23.9 Å². The van der Waals surface area contributed by atoms with Crippen LogP contribution in [0.4, 0.5) is 4.39 Å². The van der Waals surface area contributed by atoms with E-state index >= 15 is 0 Å². The number of benzene rings is 4. The topological polar surface area (TPSA) is 122 Å². The number of hydrogen-bond donors (Lipinski definition) is 1. The van der Waals surface area contributed by atoms with Crippen LogP contribution in [0.1, 0.15) is 48.2 Å². The molecule has 1 N–H and O–H groups in total. The maximum atomic E-state index is 13.5. The lowest BCUT2D eigenvalue weighted by molar-refractivity contribution is -0.143. The number of fused-ring (bicyclic) bond motifs is 2. The number of halogens is 1. The van der Waals surface area contributed by atoms with Gasteiger partial charge in [0, 0.05) is 30.0 Å². The first-order chi connectivity index (χ1) is 22.7. The largest absolute Gasteiger partial charge is 0.507 e. The van der Waals surface area contributed by atoms with E-state index in [1.54, 1.807) is 37.3 Å². The summed E-state index contributed by atoms with van der Waals surface area (Å²) in [6.45, 7) is 4.49. The predicted molar refractivity (Wildman–Crippen MR) is 175 cm³/mol. The Bertz CT molecular complexity index is 1980. The van der Waals surface area contributed by atoms with Crippen molar-refractivity contribution >= 4 is 33.9 Å². The number of methoxy groups -OCH3 is 1. The molecule has 9 nitrogen and oxygen atoms in total. The molecule has 0 saturated carbocycles. The third kappa shape index (κ3) is 7.38. The van der Waals surface area contributed by atoms with E-state index in [4.69, 9.17) is 23.4 Å². The van der Waals surface area contributed by atoms with Gasteiger partial charge in [0.1, 0.15) is 34.2 Å². The van der Waals surface area contributed by atoms with Gasteiger partial charge < -0.3 is 28.5 Å². The smallest absolute Gasteiger partial charge is 0.337 e. The number of aromatic hydroxyl groups is 1. The number of phenolic OH excluding ortho intramolecular Hbond substituents is 1. The van der Waals surface area contributed by atoms with E-state index in [1.165, 1.54) is 37.4 Å². The summed E-state index contributed by atoms with van der Waals surface area (Å²) < 4.78 is 41.6. The number of carbonyl (C=O) groups excluding carboxylic acids is 2. The Kier molecular flexibility index (Phi) is 10.4. The number of rotatable bonds is 13. The average molecular weight is 643 g/mol. The molecule has 0 spiro atoms. The summed E-state index contributed by atoms with van der Waals surface area (Å²) in [5.74, 6) is -0.298. The van der Waals surface area contributed by atoms with Gasteiger partial charge in [-0.05, 0) is 79.4 Å². The summed E-state index contributed by atoms with van der Waals surface area (Å²) in [4.78, 5) is 37.8. The van der Waals surface area contributed by atoms with Gasteiger partial charge in [-0.25, -0.2) is 9.18 Å². The van der Waals surface area contributed by atoms with Crippen LogP contribution in [0, 0.1) is 5.82 Å². The molecule has 4 aromatic carbocycles. The standard InChI is InChI=1S/C37H35FO9/c1-4-22-19-28(23-7-10-25(38)11-8-23)30(39)21-33(22)46-18-6-17-45-31-15-12-27-35(41)29-20-24(37(42)43-3)9-14-32(29)47-36(27)26(31)13-16-34(40)44-5-2/h7-12,14-15,19-21,39H,4-6,13,16-18H2,1-3H3. The van der Waals surface area contributed by atoms with Crippen LogP contribution in [0.2, 0.25) is 0 Å². The second kappa shape index (κ2) is 14.8. The highest BCUT2D eigenvalue weighted by molar-refractivity contribution is 5.97. The van der Waals surface area contributed by atoms with Gasteiger partial charge in [-0.3, -0.25) is 9.59 Å². The van der Waals surface area contributed by atoms with Gasteiger partial charge in [0.15, 0.2) is 0 Å². The maximum Gasteiger partial charge on any atom is 0.337 e. The van der Waals surface area contributed by atoms with Crippen LogP contribution in [0.15, 0.2) is 75.9 Å². The van der Waals surface area contributed by atoms with Gasteiger partial charge in [0.2, 0.25) is 5.43 Å². The van der Waals surface area contributed by atoms with Crippen molar-refractivity contribution in [2.45, 2.75) is 39.5 Å². The fourth-order valence-electron chi connectivity index (χ4n) is 5.34. The van der Waals surface area contributed by atoms with Gasteiger partial charge >= 0.3 is 11.9 Å². The molecule has 10 heteroatoms. The molecule has 1 heterocycles. The van der Waals surface area contributed by atoms with Crippen molar-refractivity contribution < 1.29 is 42.5 Å². The van der Waals surface area contributed by atoms with Crippen molar-refractivity contribution in [3.05, 3.63) is 99.5 Å². The minimum atomic E-state index is -0.570. The first-order valence-corrected chi connectivity index (χ1v) is 15.4. The normalized spacial score (nSPS) is 11.1. The maximum absolute atomic E-state index is 13.5. The highest BCUT2D eigenvalue weighted by Crippen LogP contribution is 2.36. The quantitative estimate of drug-likeness (QED) is 0.0811. The molecule has 5 rings (SSSR count). The molecule has 0 fully saturated rings. The van der Waals surface area contributed by atoms with Crippen LogP contribution in [-0.2, 0) is 27.1 Å². The second-order valence-corrected chi connectivity index (χ2v) is 10.7. The Morgan fingerprint density at radius 2 is 1.64 bits per heavy atom. The predicted octanol–water partition coefficient (Wildman–Crippen LogP) is 7.15. The minimum Gasteiger partial charge on any atom is -0.507 e. The van der Waals surface area contributed by atoms with Crippen LogP contribution in [0.25, 0.3) is 33.1 Å². The lowest BCUT2D eigenvalue weighted by Crippen LogP contribution is -2.11. The van der Waals surface area contributed by atoms with Crippen molar-refractivity contribution in [2.75, 3.05) is 26.9 Å². The zero-order chi connectivity index (χ0) is 33.5. The Hall–Kier alpha value is -5.38. The molecule has 0 unspecified atom stereocenters. The van der Waals surface area contributed by atoms with Gasteiger partial charge in [-0.1, -0.05) is 19.1 Å². The van der Waals surface area contributed by atoms with E-state index in [-0.39, 0.29) is 77.2 Å². The summed E-state index contributed by atoms with van der Waals surface area (Å²) >= 11 is 0. The summed E-state index contributed by atoms with van der Waals surface area (Å²) in [5.41, 5.74) is 3.18. The SMILES string of the molecule is CCOC(=O)CCc1c(OCCCOc2cc(O)c(-c3ccc(F)cc3)cc2CC)ccc2c(=O)c3cc(C(=O)OC)ccc3oc12. The molecule has 0 saturated heterocycles. The minimum absolute atomic E-state index is 0.0259. The van der Waals surface area contributed by atoms with Crippen molar-refractivity contribution in [1.82, 2.24) is 0 Å². The third-order valence-electron chi connectivity index (χ3n) is 7.72. The van der Waals surface area contributed by atoms with E-state index in [2.05, 4.69) is 0 Å². The van der Waals surface area contributed by atoms with Crippen molar-refractivity contribution in [3.8, 4) is 28.4 Å². The molecule has 0 radical (unpaired) electrons. The fraction of sp³-hybridized carbons (Fsp3) is 0.270. The van der Waals surface area contributed by atoms with Crippen LogP contribution >= 0.6 is 0 Å². The number of hydrogen-bond acceptors (Lipinski definition) is 9. The highest BCUT2D eigenvalue weighted by Gasteiger charge is 2.19. The number of phenols is 1. The summed E-state index contributed by atoms with van der Waals surface area (Å²) in [6.07, 6.45) is 1.39. The van der Waals surface area contributed by atoms with Crippen molar-refractivity contribution in [1.29, 1.82) is 0 Å². The molecule has 0 atom stereocenters. The van der Waals surface area contributed by atoms with Gasteiger partial charge in [-0.15, -0.1) is 0 Å². The molecule has 5 aromatic rings. The summed E-state index contributed by atoms with van der Waals surface area (Å²) in [7, 11) is 1.26. The molecule has 0 bridgehead atoms. The van der Waals surface area contributed by atoms with E-state index < -0.39 is 11.9 Å². The number of carbonyl (C=O) groups is 2. The van der Waals surface area contributed by atoms with Crippen molar-refractivity contribution in [2.24, 2.45) is 0 Å². The van der Waals surface area contributed by atoms with Crippen LogP contribution < -0.4 is 14.9 Å². The zero-order valence-electron chi connectivity index (χ0n) is 26.4. The number of aryl methyl sites for hydroxylation is 2. The molecular formula is C37H35FO9. The van der Waals surface area contributed by atoms with Crippen LogP contribution in [0.3, 0.4) is 0 Å². The molecular weight excluding hydrogens is 607 g/mol. The first-order valence-electron chi connectivity index (χ1n) is 15.4. The lowest BCUT2D eigenvalue weighted by atomic mass is 10.00. The molecule has 1 aromatic heterocycles. The Morgan fingerprint density at radius 3 is 2.34 bits per heavy atom. The molecule has 0 aliphatic heterocycles. The average Bonchev–Trinajstić information content (AvgIpc) is 3.07. The third-order valence-corrected chi connectivity index (χ3v) is 7.72.